The van der Waals surface area contributed by atoms with Crippen molar-refractivity contribution in [2.24, 2.45) is 0 Å². The van der Waals surface area contributed by atoms with Gasteiger partial charge in [0.05, 0.1) is 6.04 Å². The average molecular weight is 212 g/mol. The molecule has 0 bridgehead atoms. The van der Waals surface area contributed by atoms with Crippen molar-refractivity contribution in [3.63, 3.8) is 0 Å². The number of thiazole rings is 1. The Morgan fingerprint density at radius 1 is 1.50 bits per heavy atom. The summed E-state index contributed by atoms with van der Waals surface area (Å²) in [7, 11) is 0. The lowest BCUT2D eigenvalue weighted by molar-refractivity contribution is 0.447. The smallest absolute Gasteiger partial charge is 0.110 e. The first-order valence-electron chi connectivity index (χ1n) is 5.31. The number of nitrogens with one attached hydrogen (secondary N) is 1. The minimum Gasteiger partial charge on any atom is -0.306 e. The molecule has 0 aliphatic rings. The maximum Gasteiger partial charge on any atom is 0.110 e. The Bertz CT molecular complexity index is 268. The van der Waals surface area contributed by atoms with E-state index in [9.17, 15) is 0 Å². The molecule has 1 unspecified atom stereocenters. The van der Waals surface area contributed by atoms with Crippen LogP contribution in [-0.4, -0.2) is 11.0 Å². The van der Waals surface area contributed by atoms with Crippen molar-refractivity contribution in [3.05, 3.63) is 16.1 Å². The molecule has 2 nitrogen and oxygen atoms in total. The Hall–Kier alpha value is -0.410. The van der Waals surface area contributed by atoms with Crippen molar-refractivity contribution in [3.8, 4) is 0 Å². The van der Waals surface area contributed by atoms with Crippen LogP contribution in [0.15, 0.2) is 5.38 Å². The van der Waals surface area contributed by atoms with E-state index in [0.29, 0.717) is 12.1 Å². The molecular formula is C11H20N2S. The van der Waals surface area contributed by atoms with E-state index in [1.807, 2.05) is 0 Å². The lowest BCUT2D eigenvalue weighted by Crippen LogP contribution is -2.28. The van der Waals surface area contributed by atoms with Gasteiger partial charge in [0.1, 0.15) is 5.01 Å². The van der Waals surface area contributed by atoms with E-state index < -0.39 is 0 Å². The third-order valence-electron chi connectivity index (χ3n) is 2.05. The summed E-state index contributed by atoms with van der Waals surface area (Å²) in [6, 6.07) is 0.967. The molecule has 14 heavy (non-hydrogen) atoms. The molecule has 1 N–H and O–H groups in total. The van der Waals surface area contributed by atoms with Crippen molar-refractivity contribution < 1.29 is 0 Å². The predicted molar refractivity (Wildman–Crippen MR) is 62.8 cm³/mol. The SMILES string of the molecule is CCCC(NC(C)C)c1nc(C)cs1. The lowest BCUT2D eigenvalue weighted by Gasteiger charge is -2.18. The Labute approximate surface area is 90.8 Å². The van der Waals surface area contributed by atoms with Crippen LogP contribution in [0.5, 0.6) is 0 Å². The van der Waals surface area contributed by atoms with E-state index in [1.165, 1.54) is 17.8 Å². The molecule has 0 radical (unpaired) electrons. The lowest BCUT2D eigenvalue weighted by atomic mass is 10.1. The van der Waals surface area contributed by atoms with Crippen LogP contribution in [0.2, 0.25) is 0 Å². The molecule has 3 heteroatoms. The number of hydrogen-bond donors (Lipinski definition) is 1. The van der Waals surface area contributed by atoms with Crippen molar-refractivity contribution >= 4 is 11.3 Å². The fourth-order valence-electron chi connectivity index (χ4n) is 1.50. The van der Waals surface area contributed by atoms with Gasteiger partial charge in [-0.1, -0.05) is 27.2 Å². The fraction of sp³-hybridized carbons (Fsp3) is 0.727. The van der Waals surface area contributed by atoms with Crippen LogP contribution in [0.3, 0.4) is 0 Å². The molecular weight excluding hydrogens is 192 g/mol. The van der Waals surface area contributed by atoms with E-state index in [-0.39, 0.29) is 0 Å². The van der Waals surface area contributed by atoms with E-state index in [0.717, 1.165) is 5.69 Å². The molecule has 1 aromatic rings. The normalized spacial score (nSPS) is 13.5. The van der Waals surface area contributed by atoms with E-state index in [4.69, 9.17) is 0 Å². The second kappa shape index (κ2) is 5.47. The summed E-state index contributed by atoms with van der Waals surface area (Å²) < 4.78 is 0. The summed E-state index contributed by atoms with van der Waals surface area (Å²) in [5.41, 5.74) is 1.14. The van der Waals surface area contributed by atoms with Gasteiger partial charge in [0, 0.05) is 17.1 Å². The average Bonchev–Trinajstić information content (AvgIpc) is 2.50. The number of rotatable bonds is 5. The quantitative estimate of drug-likeness (QED) is 0.810. The van der Waals surface area contributed by atoms with Gasteiger partial charge in [-0.3, -0.25) is 0 Å². The number of nitrogens with zero attached hydrogens (tertiary/aromatic N) is 1. The molecule has 80 valence electrons. The van der Waals surface area contributed by atoms with Crippen molar-refractivity contribution in [2.45, 2.75) is 52.6 Å². The molecule has 0 aliphatic carbocycles. The Balaban J connectivity index is 2.66. The van der Waals surface area contributed by atoms with Gasteiger partial charge in [0.2, 0.25) is 0 Å². The van der Waals surface area contributed by atoms with Crippen LogP contribution >= 0.6 is 11.3 Å². The maximum absolute atomic E-state index is 4.54. The molecule has 1 aromatic heterocycles. The summed E-state index contributed by atoms with van der Waals surface area (Å²) in [5.74, 6) is 0. The molecule has 0 fully saturated rings. The largest absolute Gasteiger partial charge is 0.306 e. The third kappa shape index (κ3) is 3.39. The summed E-state index contributed by atoms with van der Waals surface area (Å²) in [4.78, 5) is 4.54. The molecule has 0 aromatic carbocycles. The van der Waals surface area contributed by atoms with Gasteiger partial charge in [-0.25, -0.2) is 4.98 Å². The van der Waals surface area contributed by atoms with E-state index >= 15 is 0 Å². The van der Waals surface area contributed by atoms with Gasteiger partial charge in [-0.05, 0) is 13.3 Å². The minimum atomic E-state index is 0.443. The van der Waals surface area contributed by atoms with Crippen LogP contribution in [-0.2, 0) is 0 Å². The predicted octanol–water partition coefficient (Wildman–Crippen LogP) is 3.29. The molecule has 1 heterocycles. The van der Waals surface area contributed by atoms with Crippen LogP contribution in [0, 0.1) is 6.92 Å². The topological polar surface area (TPSA) is 24.9 Å². The highest BCUT2D eigenvalue weighted by Gasteiger charge is 2.14. The second-order valence-corrected chi connectivity index (χ2v) is 4.88. The molecule has 0 spiro atoms. The molecule has 1 rings (SSSR count). The van der Waals surface area contributed by atoms with Gasteiger partial charge >= 0.3 is 0 Å². The summed E-state index contributed by atoms with van der Waals surface area (Å²) in [5, 5.41) is 6.92. The maximum atomic E-state index is 4.54. The first-order valence-corrected chi connectivity index (χ1v) is 6.19. The third-order valence-corrected chi connectivity index (χ3v) is 3.12. The summed E-state index contributed by atoms with van der Waals surface area (Å²) in [6.07, 6.45) is 2.37. The summed E-state index contributed by atoms with van der Waals surface area (Å²) in [6.45, 7) is 8.64. The monoisotopic (exact) mass is 212 g/mol. The Kier molecular flexibility index (Phi) is 4.55. The van der Waals surface area contributed by atoms with Gasteiger partial charge in [-0.15, -0.1) is 11.3 Å². The number of aromatic nitrogens is 1. The molecule has 1 atom stereocenters. The molecule has 0 saturated heterocycles. The van der Waals surface area contributed by atoms with Gasteiger partial charge in [0.25, 0.3) is 0 Å². The van der Waals surface area contributed by atoms with Crippen LogP contribution in [0.4, 0.5) is 0 Å². The highest BCUT2D eigenvalue weighted by Crippen LogP contribution is 2.22. The number of aryl methyl sites for hydroxylation is 1. The first kappa shape index (κ1) is 11.7. The second-order valence-electron chi connectivity index (χ2n) is 3.99. The van der Waals surface area contributed by atoms with Gasteiger partial charge < -0.3 is 5.32 Å². The first-order chi connectivity index (χ1) is 6.63. The van der Waals surface area contributed by atoms with Crippen LogP contribution in [0.25, 0.3) is 0 Å². The number of hydrogen-bond acceptors (Lipinski definition) is 3. The standard InChI is InChI=1S/C11H20N2S/c1-5-6-10(12-8(2)3)11-13-9(4)7-14-11/h7-8,10,12H,5-6H2,1-4H3. The summed E-state index contributed by atoms with van der Waals surface area (Å²) >= 11 is 1.77. The molecule has 0 saturated carbocycles. The van der Waals surface area contributed by atoms with Gasteiger partial charge in [-0.2, -0.15) is 0 Å². The highest BCUT2D eigenvalue weighted by atomic mass is 32.1. The molecule has 0 amide bonds. The van der Waals surface area contributed by atoms with Crippen molar-refractivity contribution in [1.82, 2.24) is 10.3 Å². The van der Waals surface area contributed by atoms with E-state index in [1.54, 1.807) is 11.3 Å². The zero-order chi connectivity index (χ0) is 10.6. The molecule has 0 aliphatic heterocycles. The van der Waals surface area contributed by atoms with E-state index in [2.05, 4.69) is 43.4 Å². The fourth-order valence-corrected chi connectivity index (χ4v) is 2.39. The van der Waals surface area contributed by atoms with Crippen molar-refractivity contribution in [1.29, 1.82) is 0 Å². The van der Waals surface area contributed by atoms with Crippen LogP contribution in [0.1, 0.15) is 50.4 Å². The zero-order valence-corrected chi connectivity index (χ0v) is 10.3. The highest BCUT2D eigenvalue weighted by molar-refractivity contribution is 7.09. The Morgan fingerprint density at radius 3 is 2.64 bits per heavy atom. The van der Waals surface area contributed by atoms with Crippen LogP contribution < -0.4 is 5.32 Å². The Morgan fingerprint density at radius 2 is 2.21 bits per heavy atom. The van der Waals surface area contributed by atoms with Gasteiger partial charge in [0.15, 0.2) is 0 Å². The zero-order valence-electron chi connectivity index (χ0n) is 9.50. The van der Waals surface area contributed by atoms with Crippen molar-refractivity contribution in [2.75, 3.05) is 0 Å². The minimum absolute atomic E-state index is 0.443.